The molecule has 1 aromatic carbocycles. The molecule has 2 aliphatic heterocycles. The minimum Gasteiger partial charge on any atom is -0.507 e. The van der Waals surface area contributed by atoms with Gasteiger partial charge < -0.3 is 20.1 Å². The predicted molar refractivity (Wildman–Crippen MR) is 118 cm³/mol. The minimum atomic E-state index is -0.424. The molecule has 31 heavy (non-hydrogen) atoms. The molecule has 0 spiro atoms. The summed E-state index contributed by atoms with van der Waals surface area (Å²) in [7, 11) is 0. The number of nitrogens with one attached hydrogen (secondary N) is 1. The number of phenols is 1. The SMILES string of the molecule is Cc1ncc(-c2cc(O)c(-c3ccc(N4CCC(NC5CCOC5)C4)nn3)cc2F)s1. The van der Waals surface area contributed by atoms with Crippen LogP contribution < -0.4 is 10.2 Å². The molecule has 2 fully saturated rings. The highest BCUT2D eigenvalue weighted by Gasteiger charge is 2.27. The number of phenolic OH excluding ortho intramolecular Hbond substituents is 1. The highest BCUT2D eigenvalue weighted by atomic mass is 32.1. The second kappa shape index (κ2) is 8.49. The van der Waals surface area contributed by atoms with Gasteiger partial charge in [-0.15, -0.1) is 21.5 Å². The van der Waals surface area contributed by atoms with Gasteiger partial charge in [-0.05, 0) is 44.0 Å². The van der Waals surface area contributed by atoms with Crippen LogP contribution in [-0.2, 0) is 4.74 Å². The zero-order chi connectivity index (χ0) is 21.4. The predicted octanol–water partition coefficient (Wildman–Crippen LogP) is 3.38. The van der Waals surface area contributed by atoms with E-state index in [9.17, 15) is 9.50 Å². The van der Waals surface area contributed by atoms with Gasteiger partial charge in [0.2, 0.25) is 0 Å². The molecule has 0 radical (unpaired) electrons. The number of rotatable bonds is 5. The van der Waals surface area contributed by atoms with Crippen molar-refractivity contribution in [3.63, 3.8) is 0 Å². The molecular weight excluding hydrogens is 417 g/mol. The Morgan fingerprint density at radius 1 is 1.19 bits per heavy atom. The number of nitrogens with zero attached hydrogens (tertiary/aromatic N) is 4. The maximum Gasteiger partial charge on any atom is 0.151 e. The number of hydrogen-bond acceptors (Lipinski definition) is 8. The molecule has 2 unspecified atom stereocenters. The van der Waals surface area contributed by atoms with Crippen molar-refractivity contribution in [2.45, 2.75) is 31.8 Å². The molecule has 7 nitrogen and oxygen atoms in total. The fourth-order valence-corrected chi connectivity index (χ4v) is 4.98. The van der Waals surface area contributed by atoms with E-state index in [1.54, 1.807) is 12.3 Å². The van der Waals surface area contributed by atoms with E-state index in [0.717, 1.165) is 50.0 Å². The molecule has 5 rings (SSSR count). The van der Waals surface area contributed by atoms with Gasteiger partial charge in [0.1, 0.15) is 11.6 Å². The van der Waals surface area contributed by atoms with Crippen molar-refractivity contribution >= 4 is 17.2 Å². The second-order valence-corrected chi connectivity index (χ2v) is 9.26. The molecule has 0 saturated carbocycles. The summed E-state index contributed by atoms with van der Waals surface area (Å²) >= 11 is 1.38. The Kier molecular flexibility index (Phi) is 5.56. The van der Waals surface area contributed by atoms with Gasteiger partial charge in [0.15, 0.2) is 5.82 Å². The van der Waals surface area contributed by atoms with Crippen molar-refractivity contribution in [3.8, 4) is 27.4 Å². The third-order valence-electron chi connectivity index (χ3n) is 5.81. The molecule has 0 bridgehead atoms. The Hall–Kier alpha value is -2.62. The zero-order valence-electron chi connectivity index (χ0n) is 17.2. The Balaban J connectivity index is 1.30. The first-order valence-electron chi connectivity index (χ1n) is 10.4. The van der Waals surface area contributed by atoms with Gasteiger partial charge in [-0.1, -0.05) is 0 Å². The zero-order valence-corrected chi connectivity index (χ0v) is 18.0. The summed E-state index contributed by atoms with van der Waals surface area (Å²) in [5.74, 6) is 0.327. The molecule has 3 aromatic rings. The lowest BCUT2D eigenvalue weighted by Crippen LogP contribution is -2.40. The van der Waals surface area contributed by atoms with Crippen LogP contribution in [0.1, 0.15) is 17.8 Å². The van der Waals surface area contributed by atoms with E-state index in [4.69, 9.17) is 4.74 Å². The van der Waals surface area contributed by atoms with Crippen LogP contribution in [0.25, 0.3) is 21.7 Å². The molecule has 4 heterocycles. The van der Waals surface area contributed by atoms with Crippen molar-refractivity contribution < 1.29 is 14.2 Å². The molecule has 2 N–H and O–H groups in total. The summed E-state index contributed by atoms with van der Waals surface area (Å²) in [5, 5.41) is 23.6. The quantitative estimate of drug-likeness (QED) is 0.628. The summed E-state index contributed by atoms with van der Waals surface area (Å²) in [6, 6.07) is 7.24. The van der Waals surface area contributed by atoms with Gasteiger partial charge in [0.25, 0.3) is 0 Å². The molecule has 9 heteroatoms. The van der Waals surface area contributed by atoms with E-state index in [0.29, 0.717) is 33.8 Å². The number of thiazole rings is 1. The van der Waals surface area contributed by atoms with Gasteiger partial charge in [-0.25, -0.2) is 9.37 Å². The molecular formula is C22H24FN5O2S. The lowest BCUT2D eigenvalue weighted by atomic mass is 10.1. The van der Waals surface area contributed by atoms with Crippen LogP contribution >= 0.6 is 11.3 Å². The first-order valence-corrected chi connectivity index (χ1v) is 11.3. The Bertz CT molecular complexity index is 1070. The molecule has 2 aromatic heterocycles. The number of benzene rings is 1. The van der Waals surface area contributed by atoms with Crippen molar-refractivity contribution in [3.05, 3.63) is 41.3 Å². The highest BCUT2D eigenvalue weighted by molar-refractivity contribution is 7.15. The van der Waals surface area contributed by atoms with Crippen molar-refractivity contribution in [2.75, 3.05) is 31.2 Å². The third-order valence-corrected chi connectivity index (χ3v) is 6.76. The number of aromatic nitrogens is 3. The van der Waals surface area contributed by atoms with Gasteiger partial charge in [-0.2, -0.15) is 0 Å². The van der Waals surface area contributed by atoms with Crippen LogP contribution in [0.5, 0.6) is 5.75 Å². The Morgan fingerprint density at radius 2 is 2.10 bits per heavy atom. The number of halogens is 1. The van der Waals surface area contributed by atoms with Crippen LogP contribution in [-0.4, -0.2) is 58.7 Å². The standard InChI is InChI=1S/C22H24FN5O2S/c1-13-24-10-21(31-13)16-9-20(29)17(8-18(16)23)19-2-3-22(27-26-19)28-6-4-14(11-28)25-15-5-7-30-12-15/h2-3,8-10,14-15,25,29H,4-7,11-12H2,1H3. The van der Waals surface area contributed by atoms with Crippen molar-refractivity contribution in [1.29, 1.82) is 0 Å². The summed E-state index contributed by atoms with van der Waals surface area (Å²) in [6.45, 7) is 5.25. The van der Waals surface area contributed by atoms with Crippen molar-refractivity contribution in [1.82, 2.24) is 20.5 Å². The fourth-order valence-electron chi connectivity index (χ4n) is 4.18. The maximum atomic E-state index is 14.7. The van der Waals surface area contributed by atoms with Gasteiger partial charge in [0, 0.05) is 49.1 Å². The van der Waals surface area contributed by atoms with Crippen molar-refractivity contribution in [2.24, 2.45) is 0 Å². The number of aryl methyl sites for hydroxylation is 1. The average Bonchev–Trinajstić information content (AvgIpc) is 3.53. The molecule has 2 aliphatic rings. The molecule has 2 saturated heterocycles. The first-order chi connectivity index (χ1) is 15.1. The monoisotopic (exact) mass is 441 g/mol. The molecule has 2 atom stereocenters. The number of aromatic hydroxyl groups is 1. The highest BCUT2D eigenvalue weighted by Crippen LogP contribution is 2.36. The number of anilines is 1. The van der Waals surface area contributed by atoms with Crippen LogP contribution in [0.15, 0.2) is 30.5 Å². The molecule has 0 amide bonds. The lowest BCUT2D eigenvalue weighted by Gasteiger charge is -2.19. The Labute approximate surface area is 183 Å². The minimum absolute atomic E-state index is 0.0336. The number of ether oxygens (including phenoxy) is 1. The van der Waals surface area contributed by atoms with E-state index in [1.807, 2.05) is 13.0 Å². The van der Waals surface area contributed by atoms with E-state index in [1.165, 1.54) is 23.5 Å². The average molecular weight is 442 g/mol. The lowest BCUT2D eigenvalue weighted by molar-refractivity contribution is 0.188. The van der Waals surface area contributed by atoms with E-state index in [-0.39, 0.29) is 5.75 Å². The summed E-state index contributed by atoms with van der Waals surface area (Å²) in [4.78, 5) is 7.03. The normalized spacial score (nSPS) is 21.2. The van der Waals surface area contributed by atoms with Gasteiger partial charge in [-0.3, -0.25) is 0 Å². The van der Waals surface area contributed by atoms with Gasteiger partial charge >= 0.3 is 0 Å². The van der Waals surface area contributed by atoms with E-state index >= 15 is 0 Å². The maximum absolute atomic E-state index is 14.7. The third kappa shape index (κ3) is 4.26. The first kappa shape index (κ1) is 20.3. The number of hydrogen-bond donors (Lipinski definition) is 2. The molecule has 162 valence electrons. The van der Waals surface area contributed by atoms with E-state index < -0.39 is 5.82 Å². The van der Waals surface area contributed by atoms with Crippen LogP contribution in [0, 0.1) is 12.7 Å². The topological polar surface area (TPSA) is 83.4 Å². The fraction of sp³-hybridized carbons (Fsp3) is 0.409. The smallest absolute Gasteiger partial charge is 0.151 e. The second-order valence-electron chi connectivity index (χ2n) is 8.03. The van der Waals surface area contributed by atoms with Crippen LogP contribution in [0.3, 0.4) is 0 Å². The summed E-state index contributed by atoms with van der Waals surface area (Å²) in [6.07, 6.45) is 3.72. The van der Waals surface area contributed by atoms with Crippen LogP contribution in [0.2, 0.25) is 0 Å². The van der Waals surface area contributed by atoms with Crippen LogP contribution in [0.4, 0.5) is 10.2 Å². The van der Waals surface area contributed by atoms with Gasteiger partial charge in [0.05, 0.1) is 22.2 Å². The summed E-state index contributed by atoms with van der Waals surface area (Å²) in [5.41, 5.74) is 1.09. The molecule has 0 aliphatic carbocycles. The largest absolute Gasteiger partial charge is 0.507 e. The van der Waals surface area contributed by atoms with E-state index in [2.05, 4.69) is 25.4 Å². The Morgan fingerprint density at radius 3 is 2.81 bits per heavy atom. The summed E-state index contributed by atoms with van der Waals surface area (Å²) < 4.78 is 20.2.